The summed E-state index contributed by atoms with van der Waals surface area (Å²) in [6.45, 7) is 0. The van der Waals surface area contributed by atoms with Crippen LogP contribution in [-0.4, -0.2) is 4.98 Å². The Labute approximate surface area is 135 Å². The Morgan fingerprint density at radius 1 is 1.05 bits per heavy atom. The molecule has 0 aliphatic heterocycles. The average Bonchev–Trinajstić information content (AvgIpc) is 2.45. The van der Waals surface area contributed by atoms with E-state index in [2.05, 4.69) is 32.9 Å². The van der Waals surface area contributed by atoms with Crippen LogP contribution in [0.5, 0.6) is 0 Å². The van der Waals surface area contributed by atoms with E-state index in [1.165, 1.54) is 0 Å². The molecule has 0 radical (unpaired) electrons. The zero-order chi connectivity index (χ0) is 14.1. The molecule has 0 saturated heterocycles. The van der Waals surface area contributed by atoms with Gasteiger partial charge in [-0.3, -0.25) is 4.98 Å². The van der Waals surface area contributed by atoms with Crippen LogP contribution in [0.4, 0.5) is 17.1 Å². The molecule has 3 aromatic rings. The molecule has 5 heteroatoms. The van der Waals surface area contributed by atoms with Gasteiger partial charge in [-0.05, 0) is 59.0 Å². The van der Waals surface area contributed by atoms with E-state index < -0.39 is 0 Å². The average molecular weight is 396 g/mol. The number of nitrogens with one attached hydrogen (secondary N) is 1. The monoisotopic (exact) mass is 395 g/mol. The summed E-state index contributed by atoms with van der Waals surface area (Å²) < 4.78 is 1.06. The number of fused-ring (bicyclic) bond motifs is 1. The molecule has 3 nitrogen and oxygen atoms in total. The fourth-order valence-corrected chi connectivity index (χ4v) is 3.06. The van der Waals surface area contributed by atoms with Gasteiger partial charge in [0.05, 0.1) is 5.69 Å². The van der Waals surface area contributed by atoms with Gasteiger partial charge < -0.3 is 11.1 Å². The fraction of sp³-hybridized carbons (Fsp3) is 0. The minimum absolute atomic E-state index is 0.726. The van der Waals surface area contributed by atoms with Crippen molar-refractivity contribution in [2.24, 2.45) is 0 Å². The zero-order valence-corrected chi connectivity index (χ0v) is 13.3. The lowest BCUT2D eigenvalue weighted by molar-refractivity contribution is 1.36. The van der Waals surface area contributed by atoms with Crippen molar-refractivity contribution in [3.63, 3.8) is 0 Å². The van der Waals surface area contributed by atoms with Crippen molar-refractivity contribution in [3.05, 3.63) is 57.4 Å². The smallest absolute Gasteiger partial charge is 0.0521 e. The lowest BCUT2D eigenvalue weighted by Gasteiger charge is -2.12. The fourth-order valence-electron chi connectivity index (χ4n) is 2.06. The minimum atomic E-state index is 0.726. The summed E-state index contributed by atoms with van der Waals surface area (Å²) >= 11 is 8.23. The van der Waals surface area contributed by atoms with Crippen molar-refractivity contribution < 1.29 is 0 Å². The van der Waals surface area contributed by atoms with E-state index in [1.807, 2.05) is 42.6 Å². The third-order valence-electron chi connectivity index (χ3n) is 3.05. The number of nitrogen functional groups attached to an aromatic ring is 1. The van der Waals surface area contributed by atoms with Gasteiger partial charge in [-0.2, -0.15) is 0 Å². The van der Waals surface area contributed by atoms with Gasteiger partial charge in [0.1, 0.15) is 0 Å². The van der Waals surface area contributed by atoms with E-state index in [1.54, 1.807) is 6.20 Å². The molecule has 100 valence electrons. The molecule has 3 N–H and O–H groups in total. The van der Waals surface area contributed by atoms with E-state index >= 15 is 0 Å². The molecule has 3 rings (SSSR count). The number of anilines is 3. The van der Waals surface area contributed by atoms with Crippen molar-refractivity contribution >= 4 is 62.0 Å². The van der Waals surface area contributed by atoms with Crippen molar-refractivity contribution in [3.8, 4) is 0 Å². The molecule has 0 amide bonds. The number of pyridine rings is 1. The molecule has 0 aliphatic carbocycles. The number of rotatable bonds is 2. The maximum atomic E-state index is 5.99. The van der Waals surface area contributed by atoms with Crippen LogP contribution < -0.4 is 11.1 Å². The van der Waals surface area contributed by atoms with Gasteiger partial charge in [-0.15, -0.1) is 0 Å². The van der Waals surface area contributed by atoms with Gasteiger partial charge in [0.15, 0.2) is 0 Å². The van der Waals surface area contributed by atoms with Crippen molar-refractivity contribution in [1.82, 2.24) is 4.98 Å². The van der Waals surface area contributed by atoms with Gasteiger partial charge in [0.25, 0.3) is 0 Å². The predicted molar refractivity (Wildman–Crippen MR) is 93.6 cm³/mol. The van der Waals surface area contributed by atoms with Crippen molar-refractivity contribution in [1.29, 1.82) is 0 Å². The second kappa shape index (κ2) is 5.46. The molecule has 0 unspecified atom stereocenters. The largest absolute Gasteiger partial charge is 0.398 e. The van der Waals surface area contributed by atoms with E-state index in [-0.39, 0.29) is 0 Å². The van der Waals surface area contributed by atoms with Gasteiger partial charge in [-0.1, -0.05) is 11.6 Å². The minimum Gasteiger partial charge on any atom is -0.398 e. The van der Waals surface area contributed by atoms with Crippen molar-refractivity contribution in [2.75, 3.05) is 11.1 Å². The highest BCUT2D eigenvalue weighted by atomic mass is 127. The number of hydrogen-bond donors (Lipinski definition) is 2. The zero-order valence-electron chi connectivity index (χ0n) is 10.4. The standard InChI is InChI=1S/C15H11ClIN3/c16-9-1-3-15(12(17)7-9)20-14-4-2-13(18)10-5-6-19-8-11(10)14/h1-8,20H,18H2. The summed E-state index contributed by atoms with van der Waals surface area (Å²) in [5.41, 5.74) is 8.72. The number of hydrogen-bond acceptors (Lipinski definition) is 3. The van der Waals surface area contributed by atoms with Gasteiger partial charge in [-0.25, -0.2) is 0 Å². The van der Waals surface area contributed by atoms with E-state index in [9.17, 15) is 0 Å². The van der Waals surface area contributed by atoms with Crippen LogP contribution in [0, 0.1) is 3.57 Å². The summed E-state index contributed by atoms with van der Waals surface area (Å²) in [5.74, 6) is 0. The topological polar surface area (TPSA) is 50.9 Å². The van der Waals surface area contributed by atoms with Crippen LogP contribution in [0.3, 0.4) is 0 Å². The van der Waals surface area contributed by atoms with E-state index in [0.29, 0.717) is 0 Å². The molecule has 1 aromatic heterocycles. The maximum absolute atomic E-state index is 5.99. The van der Waals surface area contributed by atoms with Gasteiger partial charge in [0.2, 0.25) is 0 Å². The molecule has 1 heterocycles. The Balaban J connectivity index is 2.09. The lowest BCUT2D eigenvalue weighted by atomic mass is 10.1. The van der Waals surface area contributed by atoms with Gasteiger partial charge >= 0.3 is 0 Å². The number of nitrogens with two attached hydrogens (primary N) is 1. The summed E-state index contributed by atoms with van der Waals surface area (Å²) in [6, 6.07) is 11.5. The number of nitrogens with zero attached hydrogens (tertiary/aromatic N) is 1. The normalized spacial score (nSPS) is 10.7. The summed E-state index contributed by atoms with van der Waals surface area (Å²) in [7, 11) is 0. The number of benzene rings is 2. The van der Waals surface area contributed by atoms with E-state index in [4.69, 9.17) is 17.3 Å². The Morgan fingerprint density at radius 2 is 1.85 bits per heavy atom. The first kappa shape index (κ1) is 13.5. The first-order chi connectivity index (χ1) is 9.65. The molecule has 0 fully saturated rings. The lowest BCUT2D eigenvalue weighted by Crippen LogP contribution is -1.96. The molecule has 0 bridgehead atoms. The van der Waals surface area contributed by atoms with Crippen molar-refractivity contribution in [2.45, 2.75) is 0 Å². The summed E-state index contributed by atoms with van der Waals surface area (Å²) in [4.78, 5) is 4.17. The maximum Gasteiger partial charge on any atom is 0.0521 e. The molecular formula is C15H11ClIN3. The van der Waals surface area contributed by atoms with Crippen LogP contribution in [-0.2, 0) is 0 Å². The first-order valence-electron chi connectivity index (χ1n) is 5.99. The Kier molecular flexibility index (Phi) is 3.67. The number of halogens is 2. The molecule has 2 aromatic carbocycles. The highest BCUT2D eigenvalue weighted by Crippen LogP contribution is 2.31. The second-order valence-electron chi connectivity index (χ2n) is 4.37. The van der Waals surface area contributed by atoms with Crippen LogP contribution >= 0.6 is 34.2 Å². The third-order valence-corrected chi connectivity index (χ3v) is 4.18. The molecule has 0 aliphatic rings. The first-order valence-corrected chi connectivity index (χ1v) is 7.45. The molecule has 20 heavy (non-hydrogen) atoms. The van der Waals surface area contributed by atoms with Crippen LogP contribution in [0.2, 0.25) is 5.02 Å². The van der Waals surface area contributed by atoms with Crippen LogP contribution in [0.15, 0.2) is 48.8 Å². The molecular weight excluding hydrogens is 385 g/mol. The van der Waals surface area contributed by atoms with Crippen LogP contribution in [0.25, 0.3) is 10.8 Å². The van der Waals surface area contributed by atoms with E-state index in [0.717, 1.165) is 36.4 Å². The van der Waals surface area contributed by atoms with Gasteiger partial charge in [0, 0.05) is 43.1 Å². The highest BCUT2D eigenvalue weighted by Gasteiger charge is 2.06. The van der Waals surface area contributed by atoms with Crippen LogP contribution in [0.1, 0.15) is 0 Å². The predicted octanol–water partition coefficient (Wildman–Crippen LogP) is 4.82. The highest BCUT2D eigenvalue weighted by molar-refractivity contribution is 14.1. The molecule has 0 saturated carbocycles. The Morgan fingerprint density at radius 3 is 2.65 bits per heavy atom. The third kappa shape index (κ3) is 2.53. The second-order valence-corrected chi connectivity index (χ2v) is 5.97. The molecule has 0 atom stereocenters. The quantitative estimate of drug-likeness (QED) is 0.483. The number of aromatic nitrogens is 1. The SMILES string of the molecule is Nc1ccc(Nc2ccc(Cl)cc2I)c2cnccc12. The Bertz CT molecular complexity index is 789. The Hall–Kier alpha value is -1.53. The summed E-state index contributed by atoms with van der Waals surface area (Å²) in [5, 5.41) is 6.13. The molecule has 0 spiro atoms. The summed E-state index contributed by atoms with van der Waals surface area (Å²) in [6.07, 6.45) is 3.56.